The molecule has 1 N–H and O–H groups in total. The Morgan fingerprint density at radius 1 is 1.23 bits per heavy atom. The van der Waals surface area contributed by atoms with Gasteiger partial charge in [0.2, 0.25) is 0 Å². The number of aromatic nitrogens is 7. The van der Waals surface area contributed by atoms with Gasteiger partial charge in [0.15, 0.2) is 5.82 Å². The molecule has 4 heterocycles. The van der Waals surface area contributed by atoms with Crippen molar-refractivity contribution in [3.8, 4) is 11.5 Å². The van der Waals surface area contributed by atoms with Gasteiger partial charge in [-0.1, -0.05) is 6.07 Å². The van der Waals surface area contributed by atoms with Crippen molar-refractivity contribution in [2.45, 2.75) is 39.3 Å². The van der Waals surface area contributed by atoms with Crippen LogP contribution in [0.15, 0.2) is 43.1 Å². The summed E-state index contributed by atoms with van der Waals surface area (Å²) in [5.74, 6) is 1.49. The molecule has 4 aromatic rings. The molecule has 4 aromatic heterocycles. The van der Waals surface area contributed by atoms with E-state index in [1.54, 1.807) is 24.7 Å². The molecule has 0 aromatic carbocycles. The fraction of sp³-hybridized carbons (Fsp3) is 0.333. The summed E-state index contributed by atoms with van der Waals surface area (Å²) in [7, 11) is 0. The third-order valence-corrected chi connectivity index (χ3v) is 5.24. The third kappa shape index (κ3) is 3.54. The molecule has 0 aliphatic heterocycles. The normalized spacial score (nSPS) is 13.8. The minimum atomic E-state index is -0.314. The van der Waals surface area contributed by atoms with Crippen molar-refractivity contribution >= 4 is 22.8 Å². The highest BCUT2D eigenvalue weighted by Crippen LogP contribution is 2.31. The van der Waals surface area contributed by atoms with Gasteiger partial charge in [-0.15, -0.1) is 10.2 Å². The number of imidazole rings is 1. The average Bonchev–Trinajstić information content (AvgIpc) is 3.26. The lowest BCUT2D eigenvalue weighted by atomic mass is 10.2. The van der Waals surface area contributed by atoms with Crippen LogP contribution in [0.1, 0.15) is 43.2 Å². The molecular formula is C21H22N8O. The first-order chi connectivity index (χ1) is 14.6. The van der Waals surface area contributed by atoms with Crippen LogP contribution in [0.3, 0.4) is 0 Å². The molecular weight excluding hydrogens is 380 g/mol. The lowest BCUT2D eigenvalue weighted by Crippen LogP contribution is -2.15. The maximum atomic E-state index is 12.8. The molecule has 0 saturated heterocycles. The number of hydrogen-bond donors (Lipinski definition) is 1. The molecule has 0 radical (unpaired) electrons. The Kier molecular flexibility index (Phi) is 4.50. The maximum Gasteiger partial charge on any atom is 0.275 e. The molecule has 30 heavy (non-hydrogen) atoms. The average molecular weight is 402 g/mol. The van der Waals surface area contributed by atoms with E-state index in [1.807, 2.05) is 36.9 Å². The first-order valence-corrected chi connectivity index (χ1v) is 10.1. The van der Waals surface area contributed by atoms with Crippen LogP contribution in [0.4, 0.5) is 5.82 Å². The second kappa shape index (κ2) is 7.33. The SMILES string of the molecule is CC(C)n1cnnc1-c1cccc(NC(=O)c2cc3c(cn2)ncn3CC2CC2)n1. The Morgan fingerprint density at radius 2 is 2.10 bits per heavy atom. The molecule has 1 aliphatic rings. The van der Waals surface area contributed by atoms with Gasteiger partial charge in [-0.25, -0.2) is 15.0 Å². The standard InChI is InChI=1S/C21H22N8O/c1-13(2)29-12-24-27-20(29)15-4-3-5-19(25-15)26-21(30)16-8-18-17(9-22-16)23-11-28(18)10-14-6-7-14/h3-5,8-9,11-14H,6-7,10H2,1-2H3,(H,25,26,30). The van der Waals surface area contributed by atoms with Gasteiger partial charge in [0, 0.05) is 12.6 Å². The zero-order valence-corrected chi connectivity index (χ0v) is 16.9. The number of carbonyl (C=O) groups excluding carboxylic acids is 1. The van der Waals surface area contributed by atoms with Crippen LogP contribution < -0.4 is 5.32 Å². The van der Waals surface area contributed by atoms with Crippen molar-refractivity contribution in [2.24, 2.45) is 5.92 Å². The van der Waals surface area contributed by atoms with Gasteiger partial charge >= 0.3 is 0 Å². The maximum absolute atomic E-state index is 12.8. The van der Waals surface area contributed by atoms with Gasteiger partial charge in [-0.05, 0) is 50.8 Å². The van der Waals surface area contributed by atoms with Crippen molar-refractivity contribution in [1.29, 1.82) is 0 Å². The van der Waals surface area contributed by atoms with Gasteiger partial charge in [0.1, 0.15) is 29.0 Å². The second-order valence-corrected chi connectivity index (χ2v) is 7.92. The lowest BCUT2D eigenvalue weighted by molar-refractivity contribution is 0.102. The van der Waals surface area contributed by atoms with E-state index in [4.69, 9.17) is 0 Å². The molecule has 1 amide bonds. The largest absolute Gasteiger partial charge is 0.330 e. The molecule has 1 saturated carbocycles. The molecule has 9 nitrogen and oxygen atoms in total. The number of carbonyl (C=O) groups is 1. The van der Waals surface area contributed by atoms with Gasteiger partial charge < -0.3 is 14.5 Å². The first kappa shape index (κ1) is 18.4. The van der Waals surface area contributed by atoms with Gasteiger partial charge in [0.05, 0.1) is 18.0 Å². The Bertz CT molecular complexity index is 1220. The van der Waals surface area contributed by atoms with E-state index in [9.17, 15) is 4.79 Å². The van der Waals surface area contributed by atoms with Crippen LogP contribution in [0, 0.1) is 5.92 Å². The predicted molar refractivity (Wildman–Crippen MR) is 112 cm³/mol. The second-order valence-electron chi connectivity index (χ2n) is 7.92. The number of pyridine rings is 2. The number of rotatable bonds is 6. The molecule has 0 unspecified atom stereocenters. The minimum absolute atomic E-state index is 0.200. The summed E-state index contributed by atoms with van der Waals surface area (Å²) in [6.45, 7) is 5.03. The predicted octanol–water partition coefficient (Wildman–Crippen LogP) is 3.33. The Labute approximate surface area is 173 Å². The first-order valence-electron chi connectivity index (χ1n) is 10.1. The number of fused-ring (bicyclic) bond motifs is 1. The highest BCUT2D eigenvalue weighted by Gasteiger charge is 2.23. The molecule has 0 atom stereocenters. The van der Waals surface area contributed by atoms with E-state index in [1.165, 1.54) is 12.8 Å². The summed E-state index contributed by atoms with van der Waals surface area (Å²) >= 11 is 0. The van der Waals surface area contributed by atoms with Crippen LogP contribution in [-0.4, -0.2) is 40.2 Å². The monoisotopic (exact) mass is 402 g/mol. The van der Waals surface area contributed by atoms with Crippen LogP contribution in [-0.2, 0) is 6.54 Å². The zero-order valence-electron chi connectivity index (χ0n) is 16.9. The quantitative estimate of drug-likeness (QED) is 0.531. The van der Waals surface area contributed by atoms with Crippen molar-refractivity contribution in [3.63, 3.8) is 0 Å². The molecule has 0 spiro atoms. The number of amides is 1. The lowest BCUT2D eigenvalue weighted by Gasteiger charge is -2.10. The highest BCUT2D eigenvalue weighted by atomic mass is 16.1. The van der Waals surface area contributed by atoms with Crippen molar-refractivity contribution in [2.75, 3.05) is 5.32 Å². The van der Waals surface area contributed by atoms with Crippen LogP contribution in [0.5, 0.6) is 0 Å². The summed E-state index contributed by atoms with van der Waals surface area (Å²) < 4.78 is 4.04. The molecule has 0 bridgehead atoms. The van der Waals surface area contributed by atoms with Crippen LogP contribution in [0.2, 0.25) is 0 Å². The topological polar surface area (TPSA) is 103 Å². The summed E-state index contributed by atoms with van der Waals surface area (Å²) in [6.07, 6.45) is 7.65. The number of nitrogens with one attached hydrogen (secondary N) is 1. The van der Waals surface area contributed by atoms with E-state index in [0.29, 0.717) is 28.9 Å². The van der Waals surface area contributed by atoms with E-state index in [0.717, 1.165) is 17.6 Å². The molecule has 1 aliphatic carbocycles. The Balaban J connectivity index is 1.39. The third-order valence-electron chi connectivity index (χ3n) is 5.24. The fourth-order valence-corrected chi connectivity index (χ4v) is 3.42. The number of hydrogen-bond acceptors (Lipinski definition) is 6. The Morgan fingerprint density at radius 3 is 2.90 bits per heavy atom. The van der Waals surface area contributed by atoms with Crippen molar-refractivity contribution < 1.29 is 4.79 Å². The van der Waals surface area contributed by atoms with Crippen LogP contribution in [0.25, 0.3) is 22.6 Å². The van der Waals surface area contributed by atoms with Gasteiger partial charge in [-0.2, -0.15) is 0 Å². The molecule has 5 rings (SSSR count). The summed E-state index contributed by atoms with van der Waals surface area (Å²) in [6, 6.07) is 7.41. The van der Waals surface area contributed by atoms with E-state index >= 15 is 0 Å². The van der Waals surface area contributed by atoms with Crippen molar-refractivity contribution in [3.05, 3.63) is 48.8 Å². The summed E-state index contributed by atoms with van der Waals surface area (Å²) in [4.78, 5) is 26.0. The van der Waals surface area contributed by atoms with E-state index in [2.05, 4.69) is 35.0 Å². The Hall–Kier alpha value is -3.62. The zero-order chi connectivity index (χ0) is 20.7. The highest BCUT2D eigenvalue weighted by molar-refractivity contribution is 6.03. The van der Waals surface area contributed by atoms with Crippen molar-refractivity contribution in [1.82, 2.24) is 34.3 Å². The van der Waals surface area contributed by atoms with Gasteiger partial charge in [0.25, 0.3) is 5.91 Å². The minimum Gasteiger partial charge on any atom is -0.330 e. The molecule has 9 heteroatoms. The van der Waals surface area contributed by atoms with E-state index in [-0.39, 0.29) is 11.9 Å². The summed E-state index contributed by atoms with van der Waals surface area (Å²) in [5, 5.41) is 11.0. The number of anilines is 1. The number of nitrogens with zero attached hydrogens (tertiary/aromatic N) is 7. The smallest absolute Gasteiger partial charge is 0.275 e. The summed E-state index contributed by atoms with van der Waals surface area (Å²) in [5.41, 5.74) is 2.69. The van der Waals surface area contributed by atoms with E-state index < -0.39 is 0 Å². The fourth-order valence-electron chi connectivity index (χ4n) is 3.42. The molecule has 152 valence electrons. The van der Waals surface area contributed by atoms with Gasteiger partial charge in [-0.3, -0.25) is 4.79 Å². The van der Waals surface area contributed by atoms with Crippen LogP contribution >= 0.6 is 0 Å². The molecule has 1 fully saturated rings.